The SMILES string of the molecule is CC(C)(C)Oc1ccc(F)cc1Cl. The molecule has 0 aliphatic rings. The first-order chi connectivity index (χ1) is 5.88. The lowest BCUT2D eigenvalue weighted by Gasteiger charge is -2.21. The molecule has 1 aromatic rings. The fraction of sp³-hybridized carbons (Fsp3) is 0.400. The average molecular weight is 203 g/mol. The minimum absolute atomic E-state index is 0.301. The van der Waals surface area contributed by atoms with Crippen LogP contribution < -0.4 is 4.74 Å². The van der Waals surface area contributed by atoms with Gasteiger partial charge in [0.25, 0.3) is 0 Å². The predicted molar refractivity (Wildman–Crippen MR) is 51.8 cm³/mol. The van der Waals surface area contributed by atoms with Crippen molar-refractivity contribution in [1.82, 2.24) is 0 Å². The third-order valence-electron chi connectivity index (χ3n) is 1.31. The van der Waals surface area contributed by atoms with Crippen LogP contribution in [0.25, 0.3) is 0 Å². The Morgan fingerprint density at radius 3 is 2.38 bits per heavy atom. The molecular weight excluding hydrogens is 191 g/mol. The molecule has 0 N–H and O–H groups in total. The van der Waals surface area contributed by atoms with Crippen molar-refractivity contribution in [3.8, 4) is 5.75 Å². The van der Waals surface area contributed by atoms with Crippen LogP contribution in [-0.2, 0) is 0 Å². The Labute approximate surface area is 82.5 Å². The number of halogens is 2. The first-order valence-electron chi connectivity index (χ1n) is 4.02. The summed E-state index contributed by atoms with van der Waals surface area (Å²) in [5, 5.41) is 0.301. The van der Waals surface area contributed by atoms with Gasteiger partial charge in [0, 0.05) is 0 Å². The molecule has 1 rings (SSSR count). The van der Waals surface area contributed by atoms with Crippen molar-refractivity contribution in [3.63, 3.8) is 0 Å². The van der Waals surface area contributed by atoms with Gasteiger partial charge >= 0.3 is 0 Å². The smallest absolute Gasteiger partial charge is 0.138 e. The van der Waals surface area contributed by atoms with Crippen molar-refractivity contribution in [2.24, 2.45) is 0 Å². The molecule has 1 nitrogen and oxygen atoms in total. The summed E-state index contributed by atoms with van der Waals surface area (Å²) in [6.07, 6.45) is 0. The Morgan fingerprint density at radius 1 is 1.31 bits per heavy atom. The lowest BCUT2D eigenvalue weighted by atomic mass is 10.2. The number of rotatable bonds is 1. The van der Waals surface area contributed by atoms with Gasteiger partial charge < -0.3 is 4.74 Å². The zero-order chi connectivity index (χ0) is 10.1. The monoisotopic (exact) mass is 202 g/mol. The van der Waals surface area contributed by atoms with Crippen molar-refractivity contribution in [3.05, 3.63) is 29.0 Å². The van der Waals surface area contributed by atoms with E-state index in [2.05, 4.69) is 0 Å². The van der Waals surface area contributed by atoms with Gasteiger partial charge in [-0.3, -0.25) is 0 Å². The van der Waals surface area contributed by atoms with Gasteiger partial charge in [-0.05, 0) is 39.0 Å². The highest BCUT2D eigenvalue weighted by atomic mass is 35.5. The molecular formula is C10H12ClFO. The summed E-state index contributed by atoms with van der Waals surface area (Å²) in [4.78, 5) is 0. The maximum absolute atomic E-state index is 12.6. The van der Waals surface area contributed by atoms with Gasteiger partial charge in [-0.2, -0.15) is 0 Å². The van der Waals surface area contributed by atoms with Gasteiger partial charge in [0.05, 0.1) is 5.02 Å². The van der Waals surface area contributed by atoms with E-state index in [0.717, 1.165) is 0 Å². The fourth-order valence-electron chi connectivity index (χ4n) is 0.888. The molecule has 3 heteroatoms. The molecule has 0 heterocycles. The third kappa shape index (κ3) is 3.23. The summed E-state index contributed by atoms with van der Waals surface area (Å²) < 4.78 is 18.1. The van der Waals surface area contributed by atoms with Gasteiger partial charge in [0.1, 0.15) is 17.2 Å². The van der Waals surface area contributed by atoms with E-state index in [4.69, 9.17) is 16.3 Å². The van der Waals surface area contributed by atoms with Crippen LogP contribution in [-0.4, -0.2) is 5.60 Å². The Balaban J connectivity index is 2.90. The summed E-state index contributed by atoms with van der Waals surface area (Å²) in [5.41, 5.74) is -0.318. The third-order valence-corrected chi connectivity index (χ3v) is 1.61. The van der Waals surface area contributed by atoms with Crippen molar-refractivity contribution in [2.45, 2.75) is 26.4 Å². The fourth-order valence-corrected chi connectivity index (χ4v) is 1.09. The maximum atomic E-state index is 12.6. The van der Waals surface area contributed by atoms with E-state index < -0.39 is 0 Å². The van der Waals surface area contributed by atoms with E-state index in [1.54, 1.807) is 0 Å². The molecule has 0 aromatic heterocycles. The molecule has 0 saturated heterocycles. The van der Waals surface area contributed by atoms with E-state index in [0.29, 0.717) is 10.8 Å². The largest absolute Gasteiger partial charge is 0.487 e. The van der Waals surface area contributed by atoms with Gasteiger partial charge in [0.15, 0.2) is 0 Å². The number of hydrogen-bond donors (Lipinski definition) is 0. The Morgan fingerprint density at radius 2 is 1.92 bits per heavy atom. The molecule has 72 valence electrons. The van der Waals surface area contributed by atoms with Crippen LogP contribution in [0.3, 0.4) is 0 Å². The molecule has 0 aliphatic carbocycles. The molecule has 0 unspecified atom stereocenters. The lowest BCUT2D eigenvalue weighted by Crippen LogP contribution is -2.23. The molecule has 0 bridgehead atoms. The van der Waals surface area contributed by atoms with Gasteiger partial charge in [-0.1, -0.05) is 11.6 Å². The molecule has 0 amide bonds. The van der Waals surface area contributed by atoms with Crippen LogP contribution >= 0.6 is 11.6 Å². The molecule has 1 aromatic carbocycles. The summed E-state index contributed by atoms with van der Waals surface area (Å²) in [7, 11) is 0. The van der Waals surface area contributed by atoms with Crippen molar-refractivity contribution in [2.75, 3.05) is 0 Å². The van der Waals surface area contributed by atoms with Crippen LogP contribution in [0.5, 0.6) is 5.75 Å². The summed E-state index contributed by atoms with van der Waals surface area (Å²) in [6.45, 7) is 5.73. The zero-order valence-electron chi connectivity index (χ0n) is 7.90. The van der Waals surface area contributed by atoms with E-state index in [-0.39, 0.29) is 11.4 Å². The van der Waals surface area contributed by atoms with Crippen LogP contribution in [0, 0.1) is 5.82 Å². The Bertz CT molecular complexity index is 304. The second-order valence-electron chi connectivity index (χ2n) is 3.79. The van der Waals surface area contributed by atoms with Crippen molar-refractivity contribution in [1.29, 1.82) is 0 Å². The number of ether oxygens (including phenoxy) is 1. The highest BCUT2D eigenvalue weighted by molar-refractivity contribution is 6.32. The zero-order valence-corrected chi connectivity index (χ0v) is 8.65. The Kier molecular flexibility index (Phi) is 2.81. The first-order valence-corrected chi connectivity index (χ1v) is 4.40. The van der Waals surface area contributed by atoms with E-state index in [1.165, 1.54) is 18.2 Å². The lowest BCUT2D eigenvalue weighted by molar-refractivity contribution is 0.131. The highest BCUT2D eigenvalue weighted by Gasteiger charge is 2.13. The van der Waals surface area contributed by atoms with Crippen molar-refractivity contribution >= 4 is 11.6 Å². The minimum Gasteiger partial charge on any atom is -0.487 e. The van der Waals surface area contributed by atoms with E-state index >= 15 is 0 Å². The number of benzene rings is 1. The minimum atomic E-state index is -0.355. The average Bonchev–Trinajstić information content (AvgIpc) is 1.93. The highest BCUT2D eigenvalue weighted by Crippen LogP contribution is 2.27. The summed E-state index contributed by atoms with van der Waals surface area (Å²) in [5.74, 6) is 0.154. The number of hydrogen-bond acceptors (Lipinski definition) is 1. The van der Waals surface area contributed by atoms with Crippen LogP contribution in [0.2, 0.25) is 5.02 Å². The van der Waals surface area contributed by atoms with E-state index in [1.807, 2.05) is 20.8 Å². The summed E-state index contributed by atoms with van der Waals surface area (Å²) in [6, 6.07) is 4.10. The maximum Gasteiger partial charge on any atom is 0.138 e. The molecule has 0 atom stereocenters. The molecule has 0 aliphatic heterocycles. The summed E-state index contributed by atoms with van der Waals surface area (Å²) >= 11 is 5.77. The second kappa shape index (κ2) is 3.54. The van der Waals surface area contributed by atoms with Crippen LogP contribution in [0.15, 0.2) is 18.2 Å². The molecule has 0 radical (unpaired) electrons. The van der Waals surface area contributed by atoms with Crippen molar-refractivity contribution < 1.29 is 9.13 Å². The normalized spacial score (nSPS) is 11.5. The molecule has 13 heavy (non-hydrogen) atoms. The van der Waals surface area contributed by atoms with Gasteiger partial charge in [0.2, 0.25) is 0 Å². The standard InChI is InChI=1S/C10H12ClFO/c1-10(2,3)13-9-5-4-7(12)6-8(9)11/h4-6H,1-3H3. The Hall–Kier alpha value is -0.760. The van der Waals surface area contributed by atoms with Crippen LogP contribution in [0.1, 0.15) is 20.8 Å². The van der Waals surface area contributed by atoms with Gasteiger partial charge in [-0.25, -0.2) is 4.39 Å². The first kappa shape index (κ1) is 10.3. The quantitative estimate of drug-likeness (QED) is 0.676. The molecule has 0 fully saturated rings. The van der Waals surface area contributed by atoms with E-state index in [9.17, 15) is 4.39 Å². The predicted octanol–water partition coefficient (Wildman–Crippen LogP) is 3.66. The second-order valence-corrected chi connectivity index (χ2v) is 4.20. The topological polar surface area (TPSA) is 9.23 Å². The van der Waals surface area contributed by atoms with Gasteiger partial charge in [-0.15, -0.1) is 0 Å². The van der Waals surface area contributed by atoms with Crippen LogP contribution in [0.4, 0.5) is 4.39 Å². The molecule has 0 saturated carbocycles. The molecule has 0 spiro atoms.